The van der Waals surface area contributed by atoms with Crippen molar-refractivity contribution in [2.24, 2.45) is 4.99 Å². The van der Waals surface area contributed by atoms with Gasteiger partial charge < -0.3 is 4.42 Å². The summed E-state index contributed by atoms with van der Waals surface area (Å²) in [5.41, 5.74) is 0.577. The molecule has 3 heterocycles. The maximum absolute atomic E-state index is 12.2. The van der Waals surface area contributed by atoms with Crippen LogP contribution < -0.4 is 0 Å². The number of rotatable bonds is 2. The highest BCUT2D eigenvalue weighted by molar-refractivity contribution is 8.18. The van der Waals surface area contributed by atoms with Gasteiger partial charge in [0.05, 0.1) is 21.9 Å². The number of hydrogen-bond acceptors (Lipinski definition) is 5. The average Bonchev–Trinajstić information content (AvgIpc) is 3.07. The maximum atomic E-state index is 12.2. The highest BCUT2D eigenvalue weighted by Crippen LogP contribution is 2.34. The van der Waals surface area contributed by atoms with Gasteiger partial charge in [-0.3, -0.25) is 14.7 Å². The quantitative estimate of drug-likeness (QED) is 0.794. The molecule has 106 valence electrons. The number of amidine groups is 1. The van der Waals surface area contributed by atoms with Crippen LogP contribution in [0.4, 0.5) is 5.69 Å². The van der Waals surface area contributed by atoms with E-state index in [1.807, 2.05) is 0 Å². The molecule has 3 rings (SSSR count). The molecule has 0 spiro atoms. The lowest BCUT2D eigenvalue weighted by molar-refractivity contribution is -0.121. The largest absolute Gasteiger partial charge is 0.465 e. The van der Waals surface area contributed by atoms with Crippen molar-refractivity contribution in [3.63, 3.8) is 0 Å². The first-order valence-electron chi connectivity index (χ1n) is 6.04. The normalized spacial score (nSPS) is 19.0. The fraction of sp³-hybridized carbons (Fsp3) is 0.0714. The third kappa shape index (κ3) is 2.86. The fourth-order valence-corrected chi connectivity index (χ4v) is 2.84. The van der Waals surface area contributed by atoms with Crippen LogP contribution in [0.5, 0.6) is 0 Å². The minimum Gasteiger partial charge on any atom is -0.465 e. The lowest BCUT2D eigenvalue weighted by Crippen LogP contribution is -2.23. The van der Waals surface area contributed by atoms with E-state index in [1.165, 1.54) is 22.9 Å². The lowest BCUT2D eigenvalue weighted by atomic mass is 10.4. The summed E-state index contributed by atoms with van der Waals surface area (Å²) in [7, 11) is 1.67. The van der Waals surface area contributed by atoms with Gasteiger partial charge in [0, 0.05) is 25.5 Å². The summed E-state index contributed by atoms with van der Waals surface area (Å²) in [5, 5.41) is 1.00. The molecule has 0 aromatic carbocycles. The molecule has 0 atom stereocenters. The van der Waals surface area contributed by atoms with Crippen molar-refractivity contribution in [1.29, 1.82) is 0 Å². The number of hydrogen-bond donors (Lipinski definition) is 0. The van der Waals surface area contributed by atoms with Gasteiger partial charge in [-0.05, 0) is 30.0 Å². The third-order valence-electron chi connectivity index (χ3n) is 2.79. The minimum absolute atomic E-state index is 0.125. The Morgan fingerprint density at radius 1 is 1.48 bits per heavy atom. The van der Waals surface area contributed by atoms with E-state index in [4.69, 9.17) is 16.0 Å². The number of carbonyl (C=O) groups excluding carboxylic acids is 1. The molecule has 1 fully saturated rings. The van der Waals surface area contributed by atoms with E-state index in [0.29, 0.717) is 26.5 Å². The van der Waals surface area contributed by atoms with Crippen LogP contribution in [-0.4, -0.2) is 28.0 Å². The second-order valence-electron chi connectivity index (χ2n) is 4.21. The Morgan fingerprint density at radius 3 is 3.05 bits per heavy atom. The first-order chi connectivity index (χ1) is 10.1. The van der Waals surface area contributed by atoms with Crippen molar-refractivity contribution in [1.82, 2.24) is 9.88 Å². The SMILES string of the molecule is CN1C(=O)/C(=C\c2ccco2)SC1=Nc1ccncc1Cl. The number of aliphatic imine (C=N–C) groups is 1. The van der Waals surface area contributed by atoms with Gasteiger partial charge in [-0.15, -0.1) is 0 Å². The monoisotopic (exact) mass is 319 g/mol. The van der Waals surface area contributed by atoms with E-state index in [-0.39, 0.29) is 5.91 Å². The molecule has 0 bridgehead atoms. The second kappa shape index (κ2) is 5.75. The first kappa shape index (κ1) is 13.9. The summed E-state index contributed by atoms with van der Waals surface area (Å²) in [6, 6.07) is 5.25. The number of likely N-dealkylation sites (N-methyl/N-ethyl adjacent to an activating group) is 1. The standard InChI is InChI=1S/C14H10ClN3O2S/c1-18-13(19)12(7-9-3-2-6-20-9)21-14(18)17-11-4-5-16-8-10(11)15/h2-8H,1H3/b12-7+,17-14?. The van der Waals surface area contributed by atoms with Crippen molar-refractivity contribution in [3.05, 3.63) is 52.5 Å². The van der Waals surface area contributed by atoms with Crippen molar-refractivity contribution < 1.29 is 9.21 Å². The molecule has 0 aliphatic carbocycles. The molecular weight excluding hydrogens is 310 g/mol. The number of aromatic nitrogens is 1. The molecule has 1 amide bonds. The van der Waals surface area contributed by atoms with Crippen molar-refractivity contribution >= 4 is 46.2 Å². The van der Waals surface area contributed by atoms with E-state index in [2.05, 4.69) is 9.98 Å². The van der Waals surface area contributed by atoms with Gasteiger partial charge >= 0.3 is 0 Å². The number of furan rings is 1. The highest BCUT2D eigenvalue weighted by atomic mass is 35.5. The molecule has 1 saturated heterocycles. The Hall–Kier alpha value is -2.05. The number of carbonyl (C=O) groups is 1. The summed E-state index contributed by atoms with van der Waals surface area (Å²) >= 11 is 7.30. The van der Waals surface area contributed by atoms with Gasteiger partial charge in [0.25, 0.3) is 5.91 Å². The molecule has 0 unspecified atom stereocenters. The van der Waals surface area contributed by atoms with Crippen LogP contribution in [0.3, 0.4) is 0 Å². The zero-order valence-corrected chi connectivity index (χ0v) is 12.6. The lowest BCUT2D eigenvalue weighted by Gasteiger charge is -2.07. The van der Waals surface area contributed by atoms with E-state index in [9.17, 15) is 4.79 Å². The molecule has 21 heavy (non-hydrogen) atoms. The first-order valence-corrected chi connectivity index (χ1v) is 7.24. The van der Waals surface area contributed by atoms with Crippen LogP contribution in [-0.2, 0) is 4.79 Å². The van der Waals surface area contributed by atoms with Gasteiger partial charge in [0.2, 0.25) is 0 Å². The Bertz CT molecular complexity index is 740. The van der Waals surface area contributed by atoms with E-state index < -0.39 is 0 Å². The number of halogens is 1. The number of nitrogens with zero attached hydrogens (tertiary/aromatic N) is 3. The van der Waals surface area contributed by atoms with Gasteiger partial charge in [0.1, 0.15) is 5.76 Å². The van der Waals surface area contributed by atoms with Crippen molar-refractivity contribution in [2.45, 2.75) is 0 Å². The molecule has 0 radical (unpaired) electrons. The van der Waals surface area contributed by atoms with E-state index in [0.717, 1.165) is 0 Å². The summed E-state index contributed by atoms with van der Waals surface area (Å²) in [6.45, 7) is 0. The average molecular weight is 320 g/mol. The fourth-order valence-electron chi connectivity index (χ4n) is 1.72. The number of amides is 1. The van der Waals surface area contributed by atoms with Gasteiger partial charge in [-0.2, -0.15) is 0 Å². The summed E-state index contributed by atoms with van der Waals surface area (Å²) in [5.74, 6) is 0.503. The number of thioether (sulfide) groups is 1. The molecule has 7 heteroatoms. The molecule has 2 aromatic heterocycles. The van der Waals surface area contributed by atoms with Crippen LogP contribution in [0, 0.1) is 0 Å². The molecule has 1 aliphatic heterocycles. The molecule has 1 aliphatic rings. The predicted octanol–water partition coefficient (Wildman–Crippen LogP) is 3.56. The Kier molecular flexibility index (Phi) is 3.81. The van der Waals surface area contributed by atoms with Crippen LogP contribution in [0.2, 0.25) is 5.02 Å². The van der Waals surface area contributed by atoms with Crippen LogP contribution >= 0.6 is 23.4 Å². The van der Waals surface area contributed by atoms with E-state index in [1.54, 1.807) is 43.8 Å². The second-order valence-corrected chi connectivity index (χ2v) is 5.63. The Labute approximate surface area is 130 Å². The molecule has 2 aromatic rings. The zero-order valence-electron chi connectivity index (χ0n) is 11.0. The zero-order chi connectivity index (χ0) is 14.8. The van der Waals surface area contributed by atoms with Crippen molar-refractivity contribution in [3.8, 4) is 0 Å². The summed E-state index contributed by atoms with van der Waals surface area (Å²) in [4.78, 5) is 22.5. The Balaban J connectivity index is 1.92. The Morgan fingerprint density at radius 2 is 2.33 bits per heavy atom. The van der Waals surface area contributed by atoms with Crippen molar-refractivity contribution in [2.75, 3.05) is 7.05 Å². The molecule has 0 saturated carbocycles. The van der Waals surface area contributed by atoms with Gasteiger partial charge in [0.15, 0.2) is 5.17 Å². The molecule has 0 N–H and O–H groups in total. The van der Waals surface area contributed by atoms with E-state index >= 15 is 0 Å². The predicted molar refractivity (Wildman–Crippen MR) is 83.4 cm³/mol. The smallest absolute Gasteiger partial charge is 0.266 e. The maximum Gasteiger partial charge on any atom is 0.266 e. The van der Waals surface area contributed by atoms with Gasteiger partial charge in [-0.25, -0.2) is 4.99 Å². The molecular formula is C14H10ClN3O2S. The number of pyridine rings is 1. The van der Waals surface area contributed by atoms with Crippen LogP contribution in [0.15, 0.2) is 51.2 Å². The third-order valence-corrected chi connectivity index (χ3v) is 4.14. The van der Waals surface area contributed by atoms with Crippen LogP contribution in [0.25, 0.3) is 6.08 Å². The summed E-state index contributed by atoms with van der Waals surface area (Å²) < 4.78 is 5.22. The highest BCUT2D eigenvalue weighted by Gasteiger charge is 2.30. The van der Waals surface area contributed by atoms with Crippen LogP contribution in [0.1, 0.15) is 5.76 Å². The van der Waals surface area contributed by atoms with Gasteiger partial charge in [-0.1, -0.05) is 11.6 Å². The molecule has 5 nitrogen and oxygen atoms in total. The summed E-state index contributed by atoms with van der Waals surface area (Å²) in [6.07, 6.45) is 6.38. The topological polar surface area (TPSA) is 58.7 Å². The minimum atomic E-state index is -0.125.